The minimum absolute atomic E-state index is 0.0168. The van der Waals surface area contributed by atoms with E-state index in [-0.39, 0.29) is 23.7 Å². The molecule has 35 heavy (non-hydrogen) atoms. The predicted molar refractivity (Wildman–Crippen MR) is 129 cm³/mol. The number of nitro benzene ring substituents is 1. The number of carbonyl (C=O) groups excluding carboxylic acids is 2. The van der Waals surface area contributed by atoms with Crippen molar-refractivity contribution >= 4 is 23.5 Å². The fourth-order valence-electron chi connectivity index (χ4n) is 4.63. The molecule has 188 valence electrons. The number of hydrogen-bond donors (Lipinski definition) is 2. The number of piperidine rings is 1. The minimum atomic E-state index is -0.602. The lowest BCUT2D eigenvalue weighted by molar-refractivity contribution is -0.384. The number of aromatic nitrogens is 2. The van der Waals surface area contributed by atoms with Crippen molar-refractivity contribution in [2.75, 3.05) is 18.4 Å². The van der Waals surface area contributed by atoms with Gasteiger partial charge in [-0.2, -0.15) is 5.10 Å². The minimum Gasteiger partial charge on any atom is -0.444 e. The van der Waals surface area contributed by atoms with Crippen LogP contribution < -0.4 is 5.32 Å². The molecule has 1 atom stereocenters. The normalized spacial score (nSPS) is 19.3. The molecule has 0 spiro atoms. The molecule has 2 amide bonds. The van der Waals surface area contributed by atoms with Crippen molar-refractivity contribution in [3.8, 4) is 0 Å². The summed E-state index contributed by atoms with van der Waals surface area (Å²) >= 11 is 0. The van der Waals surface area contributed by atoms with Gasteiger partial charge < -0.3 is 15.0 Å². The Balaban J connectivity index is 1.44. The number of H-pyrrole nitrogens is 1. The highest BCUT2D eigenvalue weighted by molar-refractivity contribution is 5.94. The number of carbonyl (C=O) groups is 2. The number of benzene rings is 1. The lowest BCUT2D eigenvalue weighted by atomic mass is 10.0. The Morgan fingerprint density at radius 1 is 1.26 bits per heavy atom. The summed E-state index contributed by atoms with van der Waals surface area (Å²) in [4.78, 5) is 39.7. The number of fused-ring (bicyclic) bond motifs is 1. The van der Waals surface area contributed by atoms with Crippen LogP contribution in [0.5, 0.6) is 0 Å². The first-order chi connectivity index (χ1) is 16.4. The number of non-ortho nitro benzene ring substituents is 1. The monoisotopic (exact) mass is 484 g/mol. The van der Waals surface area contributed by atoms with Gasteiger partial charge in [-0.15, -0.1) is 0 Å². The highest BCUT2D eigenvalue weighted by atomic mass is 16.6. The van der Waals surface area contributed by atoms with Crippen molar-refractivity contribution in [1.82, 2.24) is 20.0 Å². The van der Waals surface area contributed by atoms with E-state index in [4.69, 9.17) is 4.74 Å². The van der Waals surface area contributed by atoms with E-state index in [1.807, 2.05) is 34.6 Å². The van der Waals surface area contributed by atoms with Gasteiger partial charge in [-0.05, 0) is 59.6 Å². The molecule has 3 heterocycles. The van der Waals surface area contributed by atoms with Crippen LogP contribution in [-0.4, -0.2) is 61.7 Å². The first-order valence-electron chi connectivity index (χ1n) is 11.8. The van der Waals surface area contributed by atoms with Gasteiger partial charge in [-0.1, -0.05) is 0 Å². The summed E-state index contributed by atoms with van der Waals surface area (Å²) in [6.07, 6.45) is 1.30. The highest BCUT2D eigenvalue weighted by Gasteiger charge is 2.45. The molecular formula is C24H32N6O5. The molecule has 11 heteroatoms. The maximum absolute atomic E-state index is 13.0. The first-order valence-corrected chi connectivity index (χ1v) is 11.8. The predicted octanol–water partition coefficient (Wildman–Crippen LogP) is 4.02. The van der Waals surface area contributed by atoms with Crippen LogP contribution in [0.25, 0.3) is 0 Å². The molecule has 4 rings (SSSR count). The molecule has 11 nitrogen and oxygen atoms in total. The molecule has 2 aliphatic rings. The Morgan fingerprint density at radius 3 is 2.57 bits per heavy atom. The van der Waals surface area contributed by atoms with Crippen LogP contribution in [0.15, 0.2) is 24.3 Å². The third-order valence-electron chi connectivity index (χ3n) is 6.46. The van der Waals surface area contributed by atoms with Crippen LogP contribution in [0.1, 0.15) is 69.1 Å². The van der Waals surface area contributed by atoms with E-state index in [1.165, 1.54) is 24.3 Å². The second-order valence-electron chi connectivity index (χ2n) is 10.6. The molecule has 0 radical (unpaired) electrons. The maximum Gasteiger partial charge on any atom is 0.411 e. The van der Waals surface area contributed by atoms with Gasteiger partial charge in [-0.25, -0.2) is 4.79 Å². The van der Waals surface area contributed by atoms with Crippen molar-refractivity contribution in [3.05, 3.63) is 51.2 Å². The third-order valence-corrected chi connectivity index (χ3v) is 6.46. The van der Waals surface area contributed by atoms with Gasteiger partial charge >= 0.3 is 6.09 Å². The quantitative estimate of drug-likeness (QED) is 0.494. The van der Waals surface area contributed by atoms with Crippen LogP contribution in [-0.2, 0) is 16.8 Å². The number of anilines is 1. The van der Waals surface area contributed by atoms with E-state index in [0.717, 1.165) is 24.1 Å². The van der Waals surface area contributed by atoms with Crippen LogP contribution in [0.4, 0.5) is 16.3 Å². The number of nitro groups is 1. The van der Waals surface area contributed by atoms with Crippen LogP contribution in [0.2, 0.25) is 0 Å². The molecule has 1 aromatic heterocycles. The van der Waals surface area contributed by atoms with Crippen molar-refractivity contribution in [2.45, 2.75) is 71.2 Å². The van der Waals surface area contributed by atoms with E-state index in [9.17, 15) is 19.7 Å². The number of likely N-dealkylation sites (tertiary alicyclic amines) is 1. The molecule has 2 N–H and O–H groups in total. The Hall–Kier alpha value is -3.63. The Labute approximate surface area is 204 Å². The average molecular weight is 485 g/mol. The van der Waals surface area contributed by atoms with Gasteiger partial charge in [0.25, 0.3) is 11.6 Å². The molecule has 1 unspecified atom stereocenters. The van der Waals surface area contributed by atoms with Gasteiger partial charge in [0.05, 0.1) is 22.7 Å². The molecule has 0 saturated carbocycles. The highest BCUT2D eigenvalue weighted by Crippen LogP contribution is 2.41. The number of amides is 2. The fourth-order valence-corrected chi connectivity index (χ4v) is 4.63. The van der Waals surface area contributed by atoms with E-state index in [2.05, 4.69) is 15.5 Å². The summed E-state index contributed by atoms with van der Waals surface area (Å²) in [5, 5.41) is 21.9. The van der Waals surface area contributed by atoms with Crippen LogP contribution in [0.3, 0.4) is 0 Å². The van der Waals surface area contributed by atoms with Crippen LogP contribution in [0, 0.1) is 10.1 Å². The number of hydrogen-bond acceptors (Lipinski definition) is 7. The molecule has 1 fully saturated rings. The zero-order valence-corrected chi connectivity index (χ0v) is 20.8. The maximum atomic E-state index is 13.0. The SMILES string of the molecule is CC(C)(C)OC(=O)N1Cc2c(NC3CCCN(C(=O)c4ccc([N+](=O)[O-])cc4)C3)n[nH]c2C1(C)C. The van der Waals surface area contributed by atoms with Gasteiger partial charge in [0.1, 0.15) is 5.60 Å². The van der Waals surface area contributed by atoms with Crippen LogP contribution >= 0.6 is 0 Å². The van der Waals surface area contributed by atoms with E-state index in [1.54, 1.807) is 9.80 Å². The molecule has 2 aromatic rings. The largest absolute Gasteiger partial charge is 0.444 e. The lowest BCUT2D eigenvalue weighted by Crippen LogP contribution is -2.45. The summed E-state index contributed by atoms with van der Waals surface area (Å²) in [7, 11) is 0. The topological polar surface area (TPSA) is 134 Å². The number of rotatable bonds is 4. The van der Waals surface area contributed by atoms with Crippen molar-refractivity contribution < 1.29 is 19.2 Å². The van der Waals surface area contributed by atoms with E-state index in [0.29, 0.717) is 31.0 Å². The van der Waals surface area contributed by atoms with Gasteiger partial charge in [0, 0.05) is 42.4 Å². The molecule has 0 aliphatic carbocycles. The van der Waals surface area contributed by atoms with Crippen molar-refractivity contribution in [3.63, 3.8) is 0 Å². The van der Waals surface area contributed by atoms with Gasteiger partial charge in [0.2, 0.25) is 0 Å². The third kappa shape index (κ3) is 4.94. The fraction of sp³-hybridized carbons (Fsp3) is 0.542. The van der Waals surface area contributed by atoms with Gasteiger partial charge in [0.15, 0.2) is 5.82 Å². The Morgan fingerprint density at radius 2 is 1.94 bits per heavy atom. The summed E-state index contributed by atoms with van der Waals surface area (Å²) in [6, 6.07) is 5.66. The number of nitrogens with one attached hydrogen (secondary N) is 2. The molecule has 1 aromatic carbocycles. The number of ether oxygens (including phenoxy) is 1. The summed E-state index contributed by atoms with van der Waals surface area (Å²) < 4.78 is 5.60. The molecular weight excluding hydrogens is 452 g/mol. The molecule has 2 aliphatic heterocycles. The smallest absolute Gasteiger partial charge is 0.411 e. The molecule has 0 bridgehead atoms. The lowest BCUT2D eigenvalue weighted by Gasteiger charge is -2.34. The second-order valence-corrected chi connectivity index (χ2v) is 10.6. The standard InChI is InChI=1S/C24H32N6O5/c1-23(2,3)35-22(32)29-14-18-19(24(29,4)5)26-27-20(18)25-16-7-6-12-28(13-16)21(31)15-8-10-17(11-9-15)30(33)34/h8-11,16H,6-7,12-14H2,1-5H3,(H2,25,26,27). The van der Waals surface area contributed by atoms with Crippen molar-refractivity contribution in [1.29, 1.82) is 0 Å². The summed E-state index contributed by atoms with van der Waals surface area (Å²) in [6.45, 7) is 10.9. The number of aromatic amines is 1. The van der Waals surface area contributed by atoms with E-state index >= 15 is 0 Å². The summed E-state index contributed by atoms with van der Waals surface area (Å²) in [5.41, 5.74) is 0.960. The average Bonchev–Trinajstić information content (AvgIpc) is 3.30. The zero-order valence-electron chi connectivity index (χ0n) is 20.8. The van der Waals surface area contributed by atoms with Gasteiger partial charge in [-0.3, -0.25) is 24.9 Å². The Kier molecular flexibility index (Phi) is 6.20. The van der Waals surface area contributed by atoms with E-state index < -0.39 is 16.1 Å². The second kappa shape index (κ2) is 8.86. The zero-order chi connectivity index (χ0) is 25.5. The number of nitrogens with zero attached hydrogens (tertiary/aromatic N) is 4. The van der Waals surface area contributed by atoms with Crippen molar-refractivity contribution in [2.24, 2.45) is 0 Å². The summed E-state index contributed by atoms with van der Waals surface area (Å²) in [5.74, 6) is 0.518. The first kappa shape index (κ1) is 24.5. The Bertz CT molecular complexity index is 1130. The molecule has 1 saturated heterocycles.